The second kappa shape index (κ2) is 12.9. The minimum atomic E-state index is -4.49. The van der Waals surface area contributed by atoms with Crippen molar-refractivity contribution in [2.75, 3.05) is 13.2 Å². The molecule has 17 heteroatoms. The number of carbonyl (C=O) groups is 1. The fourth-order valence-corrected chi connectivity index (χ4v) is 5.06. The van der Waals surface area contributed by atoms with E-state index < -0.39 is 62.3 Å². The predicted octanol–water partition coefficient (Wildman–Crippen LogP) is 1.33. The maximum atomic E-state index is 13.7. The molecule has 2 aromatic carbocycles. The molecule has 0 amide bonds. The van der Waals surface area contributed by atoms with Crippen LogP contribution in [0.4, 0.5) is 0 Å². The second-order valence-electron chi connectivity index (χ2n) is 8.65. The van der Waals surface area contributed by atoms with Crippen LogP contribution in [-0.2, 0) is 30.0 Å². The maximum Gasteiger partial charge on any atom is 0.459 e. The molecule has 1 aliphatic heterocycles. The highest BCUT2D eigenvalue weighted by atomic mass is 31.2. The van der Waals surface area contributed by atoms with E-state index in [4.69, 9.17) is 18.5 Å². The fraction of sp³-hybridized carbons (Fsp3) is 0.292. The van der Waals surface area contributed by atoms with E-state index in [2.05, 4.69) is 15.1 Å². The summed E-state index contributed by atoms with van der Waals surface area (Å²) >= 11 is 0. The molecular formula is C24H25N6O10P. The number of nitrogens with zero attached hydrogens (tertiary/aromatic N) is 4. The van der Waals surface area contributed by atoms with E-state index in [1.165, 1.54) is 12.1 Å². The van der Waals surface area contributed by atoms with Crippen molar-refractivity contribution < 1.29 is 38.1 Å². The van der Waals surface area contributed by atoms with Crippen molar-refractivity contribution in [2.24, 2.45) is 5.11 Å². The molecule has 1 fully saturated rings. The third-order valence-electron chi connectivity index (χ3n) is 5.81. The Bertz CT molecular complexity index is 1560. The van der Waals surface area contributed by atoms with Crippen molar-refractivity contribution >= 4 is 13.7 Å². The Morgan fingerprint density at radius 1 is 1.15 bits per heavy atom. The smallest absolute Gasteiger partial charge is 0.459 e. The molecule has 3 aromatic rings. The Labute approximate surface area is 231 Å². The first kappa shape index (κ1) is 29.7. The van der Waals surface area contributed by atoms with Crippen LogP contribution in [0.2, 0.25) is 0 Å². The van der Waals surface area contributed by atoms with Gasteiger partial charge >= 0.3 is 19.4 Å². The van der Waals surface area contributed by atoms with Gasteiger partial charge in [0.05, 0.1) is 6.61 Å². The average molecular weight is 588 g/mol. The Kier molecular flexibility index (Phi) is 9.37. The van der Waals surface area contributed by atoms with Crippen molar-refractivity contribution in [2.45, 2.75) is 30.8 Å². The quantitative estimate of drug-likeness (QED) is 0.0775. The first-order valence-electron chi connectivity index (χ1n) is 12.0. The molecule has 0 radical (unpaired) electrons. The summed E-state index contributed by atoms with van der Waals surface area (Å²) in [5.41, 5.74) is 5.77. The monoisotopic (exact) mass is 588 g/mol. The second-order valence-corrected chi connectivity index (χ2v) is 10.4. The van der Waals surface area contributed by atoms with Gasteiger partial charge in [-0.2, -0.15) is 0 Å². The van der Waals surface area contributed by atoms with Gasteiger partial charge in [-0.05, 0) is 23.2 Å². The van der Waals surface area contributed by atoms with Crippen molar-refractivity contribution in [3.8, 4) is 5.75 Å². The highest BCUT2D eigenvalue weighted by Gasteiger charge is 2.56. The molecular weight excluding hydrogens is 563 g/mol. The molecule has 1 aromatic heterocycles. The summed E-state index contributed by atoms with van der Waals surface area (Å²) < 4.78 is 36.1. The van der Waals surface area contributed by atoms with Gasteiger partial charge in [-0.3, -0.25) is 23.7 Å². The van der Waals surface area contributed by atoms with Gasteiger partial charge < -0.3 is 24.2 Å². The molecule has 5 atom stereocenters. The molecule has 16 nitrogen and oxygen atoms in total. The summed E-state index contributed by atoms with van der Waals surface area (Å²) in [6.07, 6.45) is -4.49. The predicted molar refractivity (Wildman–Crippen MR) is 140 cm³/mol. The maximum absolute atomic E-state index is 13.7. The highest BCUT2D eigenvalue weighted by Crippen LogP contribution is 2.47. The molecule has 2 heterocycles. The van der Waals surface area contributed by atoms with Crippen molar-refractivity contribution in [3.63, 3.8) is 0 Å². The van der Waals surface area contributed by atoms with Gasteiger partial charge in [0.15, 0.2) is 6.23 Å². The Morgan fingerprint density at radius 2 is 1.83 bits per heavy atom. The lowest BCUT2D eigenvalue weighted by molar-refractivity contribution is -0.143. The van der Waals surface area contributed by atoms with Crippen LogP contribution in [0.3, 0.4) is 0 Å². The Morgan fingerprint density at radius 3 is 2.49 bits per heavy atom. The van der Waals surface area contributed by atoms with Crippen LogP contribution in [0.5, 0.6) is 5.75 Å². The molecule has 1 unspecified atom stereocenters. The van der Waals surface area contributed by atoms with Crippen LogP contribution in [-0.4, -0.2) is 56.8 Å². The number of aromatic nitrogens is 2. The molecule has 4 rings (SSSR count). The summed E-state index contributed by atoms with van der Waals surface area (Å²) in [6, 6.07) is 17.6. The van der Waals surface area contributed by atoms with Crippen molar-refractivity contribution in [3.05, 3.63) is 110 Å². The van der Waals surface area contributed by atoms with Gasteiger partial charge in [-0.1, -0.05) is 53.6 Å². The van der Waals surface area contributed by atoms with Gasteiger partial charge in [0, 0.05) is 17.2 Å². The SMILES string of the molecule is [N-]=[N+]=N[C@]1(COP(=O)(NCC(=O)OCc2ccccc2)Oc2ccccc2)O[C@@H](n2ccc(=O)[nH]c2=O)[C@@H](O)[C@H]1O. The first-order chi connectivity index (χ1) is 19.6. The third kappa shape index (κ3) is 7.28. The number of nitrogens with one attached hydrogen (secondary N) is 2. The van der Waals surface area contributed by atoms with Crippen molar-refractivity contribution in [1.82, 2.24) is 14.6 Å². The molecule has 216 valence electrons. The number of benzene rings is 2. The fourth-order valence-electron chi connectivity index (χ4n) is 3.78. The molecule has 1 aliphatic rings. The number of esters is 1. The number of rotatable bonds is 12. The minimum absolute atomic E-state index is 0.0462. The number of hydrogen-bond acceptors (Lipinski definition) is 11. The number of azide groups is 1. The molecule has 1 saturated heterocycles. The highest BCUT2D eigenvalue weighted by molar-refractivity contribution is 7.52. The van der Waals surface area contributed by atoms with E-state index in [9.17, 15) is 34.7 Å². The van der Waals surface area contributed by atoms with Gasteiger partial charge in [0.1, 0.15) is 31.1 Å². The lowest BCUT2D eigenvalue weighted by Gasteiger charge is -2.28. The van der Waals surface area contributed by atoms with Crippen LogP contribution in [0.25, 0.3) is 10.4 Å². The first-order valence-corrected chi connectivity index (χ1v) is 13.5. The summed E-state index contributed by atoms with van der Waals surface area (Å²) in [7, 11) is -4.49. The van der Waals surface area contributed by atoms with E-state index in [-0.39, 0.29) is 12.4 Å². The molecule has 0 saturated carbocycles. The number of hydrogen-bond donors (Lipinski definition) is 4. The summed E-state index contributed by atoms with van der Waals surface area (Å²) in [5, 5.41) is 27.2. The molecule has 0 aliphatic carbocycles. The van der Waals surface area contributed by atoms with Gasteiger partial charge in [-0.25, -0.2) is 14.4 Å². The lowest BCUT2D eigenvalue weighted by atomic mass is 10.1. The number of H-pyrrole nitrogens is 1. The number of carbonyl (C=O) groups excluding carboxylic acids is 1. The topological polar surface area (TPSA) is 227 Å². The van der Waals surface area contributed by atoms with Gasteiger partial charge in [-0.15, -0.1) is 0 Å². The summed E-state index contributed by atoms with van der Waals surface area (Å²) in [6.45, 7) is -1.65. The third-order valence-corrected chi connectivity index (χ3v) is 7.28. The average Bonchev–Trinajstić information content (AvgIpc) is 3.21. The van der Waals surface area contributed by atoms with Crippen LogP contribution in [0.15, 0.2) is 87.6 Å². The van der Waals surface area contributed by atoms with Crippen LogP contribution in [0, 0.1) is 0 Å². The number of ether oxygens (including phenoxy) is 2. The van der Waals surface area contributed by atoms with Crippen molar-refractivity contribution in [1.29, 1.82) is 0 Å². The number of para-hydroxylation sites is 1. The standard InChI is InChI=1S/C24H25N6O10P/c25-29-28-24(21(34)20(33)22(39-24)30-12-11-18(31)27-23(30)35)15-38-41(36,40-17-9-5-2-6-10-17)26-13-19(32)37-14-16-7-3-1-4-8-16/h1-12,20-22,33-34H,13-15H2,(H,26,36)(H,27,31,35)/t20-,21+,22+,24+,41?/m0/s1. The summed E-state index contributed by atoms with van der Waals surface area (Å²) in [5.74, 6) is -0.728. The summed E-state index contributed by atoms with van der Waals surface area (Å²) in [4.78, 5) is 40.6. The zero-order valence-electron chi connectivity index (χ0n) is 21.2. The zero-order valence-corrected chi connectivity index (χ0v) is 22.1. The van der Waals surface area contributed by atoms with E-state index >= 15 is 0 Å². The normalized spacial score (nSPS) is 23.2. The minimum Gasteiger partial charge on any atom is -0.460 e. The largest absolute Gasteiger partial charge is 0.460 e. The van der Waals surface area contributed by atoms with Gasteiger partial charge in [0.2, 0.25) is 5.72 Å². The number of aromatic amines is 1. The molecule has 41 heavy (non-hydrogen) atoms. The van der Waals surface area contributed by atoms with E-state index in [1.54, 1.807) is 48.5 Å². The number of aliphatic hydroxyl groups excluding tert-OH is 2. The van der Waals surface area contributed by atoms with Crippen LogP contribution < -0.4 is 20.9 Å². The number of aliphatic hydroxyl groups is 2. The van der Waals surface area contributed by atoms with E-state index in [0.717, 1.165) is 22.4 Å². The Balaban J connectivity index is 1.52. The molecule has 0 bridgehead atoms. The van der Waals surface area contributed by atoms with Crippen LogP contribution in [0.1, 0.15) is 11.8 Å². The molecule has 4 N–H and O–H groups in total. The zero-order chi connectivity index (χ0) is 29.5. The van der Waals surface area contributed by atoms with Gasteiger partial charge in [0.25, 0.3) is 5.56 Å². The van der Waals surface area contributed by atoms with E-state index in [1.807, 2.05) is 4.98 Å². The van der Waals surface area contributed by atoms with E-state index in [0.29, 0.717) is 0 Å². The molecule has 0 spiro atoms. The Hall–Kier alpha value is -4.27. The van der Waals surface area contributed by atoms with Crippen LogP contribution >= 0.6 is 7.75 Å². The lowest BCUT2D eigenvalue weighted by Crippen LogP contribution is -2.45.